The van der Waals surface area contributed by atoms with E-state index in [0.29, 0.717) is 85.1 Å². The Morgan fingerprint density at radius 3 is 0.920 bits per heavy atom. The van der Waals surface area contributed by atoms with Gasteiger partial charge in [0.05, 0.1) is 72.6 Å². The van der Waals surface area contributed by atoms with E-state index in [1.165, 1.54) is 14.7 Å². The number of hydrogen-bond donors (Lipinski definition) is 4. The lowest BCUT2D eigenvalue weighted by molar-refractivity contribution is -0.155. The zero-order chi connectivity index (χ0) is 81.3. The normalized spacial score (nSPS) is 27.1. The Kier molecular flexibility index (Phi) is 23.5. The number of azide groups is 2. The smallest absolute Gasteiger partial charge is 0.228 e. The molecule has 0 spiro atoms. The van der Waals surface area contributed by atoms with Gasteiger partial charge in [0, 0.05) is 105 Å². The van der Waals surface area contributed by atoms with E-state index in [4.69, 9.17) is 77.4 Å². The van der Waals surface area contributed by atoms with E-state index in [1.807, 2.05) is 127 Å². The summed E-state index contributed by atoms with van der Waals surface area (Å²) in [4.78, 5) is 51.8. The third-order valence-corrected chi connectivity index (χ3v) is 22.6. The molecule has 4 N–H and O–H groups in total. The standard InChI is InChI=1S/2C28H28N4O5.C28H29NO6.CHCl3/c2*1-32(2)26(34)23-24(17-8-6-5-7-9-17)28(18-10-12-19(35-3)13-11-18)27(25(23)33,30-31-29)21-15-14-20(36-4)16-22(21)37-28;1-29(2)26(31)23-24(17-8-6-5-7-9-17)28(18-10-12-19(33-3)13-11-18)27(32,25(23)30)21-15-14-20(34-4)16-22(21)35-28;2-1(3)4/h2*5-16,23-25,33H,1-4H3;5-16,23-25,30,32H,1-4H3;1H/t3*23-,24-,25-,27+,28+;/m111./s1. The number of nitrogens with zero attached hydrogens (tertiary/aromatic N) is 9. The summed E-state index contributed by atoms with van der Waals surface area (Å²) in [6.07, 6.45) is -4.25. The topological polar surface area (TPSA) is 322 Å². The lowest BCUT2D eigenvalue weighted by atomic mass is 9.69. The summed E-state index contributed by atoms with van der Waals surface area (Å²) in [5, 5.41) is 57.3. The Labute approximate surface area is 668 Å². The van der Waals surface area contributed by atoms with Crippen molar-refractivity contribution in [3.63, 3.8) is 0 Å². The van der Waals surface area contributed by atoms with Gasteiger partial charge in [-0.15, -0.1) is 0 Å². The van der Waals surface area contributed by atoms with Gasteiger partial charge >= 0.3 is 0 Å². The number of halogens is 3. The number of aliphatic hydroxyl groups excluding tert-OH is 3. The molecule has 9 aromatic rings. The predicted molar refractivity (Wildman–Crippen MR) is 424 cm³/mol. The fraction of sp³-hybridized carbons (Fsp3) is 0.329. The molecule has 0 unspecified atom stereocenters. The average molecular weight is 1600 g/mol. The highest BCUT2D eigenvalue weighted by Crippen LogP contribution is 2.74. The largest absolute Gasteiger partial charge is 0.497 e. The molecule has 3 aliphatic carbocycles. The van der Waals surface area contributed by atoms with Gasteiger partial charge in [-0.05, 0) is 105 Å². The summed E-state index contributed by atoms with van der Waals surface area (Å²) < 4.78 is 52.0. The number of aliphatic hydroxyl groups is 4. The van der Waals surface area contributed by atoms with Crippen LogP contribution in [-0.2, 0) is 47.9 Å². The number of hydrogen-bond acceptors (Lipinski definition) is 18. The van der Waals surface area contributed by atoms with Crippen LogP contribution in [0.1, 0.15) is 67.8 Å². The van der Waals surface area contributed by atoms with Crippen LogP contribution in [0.2, 0.25) is 0 Å². The van der Waals surface area contributed by atoms with Crippen molar-refractivity contribution in [3.8, 4) is 51.7 Å². The van der Waals surface area contributed by atoms with E-state index < -0.39 is 91.6 Å². The Hall–Kier alpha value is -11.1. The van der Waals surface area contributed by atoms with Gasteiger partial charge in [-0.2, -0.15) is 0 Å². The van der Waals surface area contributed by atoms with Crippen LogP contribution >= 0.6 is 34.8 Å². The molecule has 0 saturated heterocycles. The monoisotopic (exact) mass is 1590 g/mol. The van der Waals surface area contributed by atoms with Crippen LogP contribution < -0.4 is 42.6 Å². The van der Waals surface area contributed by atoms with Crippen molar-refractivity contribution < 1.29 is 77.4 Å². The highest BCUT2D eigenvalue weighted by Gasteiger charge is 2.80. The molecule has 9 aromatic carbocycles. The molecule has 588 valence electrons. The molecule has 3 heterocycles. The third kappa shape index (κ3) is 13.0. The molecule has 3 saturated carbocycles. The molecule has 28 heteroatoms. The van der Waals surface area contributed by atoms with Crippen LogP contribution in [0.4, 0.5) is 0 Å². The highest BCUT2D eigenvalue weighted by atomic mass is 35.6. The van der Waals surface area contributed by atoms with Gasteiger partial charge < -0.3 is 77.8 Å². The molecular formula is C85H86Cl3N9O16. The minimum Gasteiger partial charge on any atom is -0.497 e. The van der Waals surface area contributed by atoms with Gasteiger partial charge in [0.15, 0.2) is 26.7 Å². The number of benzene rings is 9. The summed E-state index contributed by atoms with van der Waals surface area (Å²) in [7, 11) is 19.2. The molecule has 25 nitrogen and oxygen atoms in total. The molecule has 0 aromatic heterocycles. The molecule has 6 aliphatic rings. The summed E-state index contributed by atoms with van der Waals surface area (Å²) in [5.41, 5.74) is 15.8. The minimum absolute atomic E-state index is 0.291. The van der Waals surface area contributed by atoms with E-state index in [-0.39, 0.29) is 17.7 Å². The number of alkyl halides is 3. The molecule has 0 bridgehead atoms. The molecule has 3 fully saturated rings. The van der Waals surface area contributed by atoms with Crippen molar-refractivity contribution in [2.24, 2.45) is 28.0 Å². The summed E-state index contributed by atoms with van der Waals surface area (Å²) in [6, 6.07) is 65.4. The highest BCUT2D eigenvalue weighted by molar-refractivity contribution is 6.63. The van der Waals surface area contributed by atoms with E-state index in [2.05, 4.69) is 20.1 Å². The number of amides is 3. The Morgan fingerprint density at radius 2 is 0.637 bits per heavy atom. The van der Waals surface area contributed by atoms with Gasteiger partial charge in [-0.1, -0.05) is 185 Å². The van der Waals surface area contributed by atoms with E-state index in [1.54, 1.807) is 176 Å². The Morgan fingerprint density at radius 1 is 0.389 bits per heavy atom. The zero-order valence-electron chi connectivity index (χ0n) is 63.9. The maximum atomic E-state index is 13.7. The fourth-order valence-corrected chi connectivity index (χ4v) is 18.0. The summed E-state index contributed by atoms with van der Waals surface area (Å²) >= 11 is 14.4. The molecule has 3 aliphatic heterocycles. The number of ether oxygens (including phenoxy) is 9. The van der Waals surface area contributed by atoms with Crippen LogP contribution in [0.25, 0.3) is 20.9 Å². The first-order valence-electron chi connectivity index (χ1n) is 35.9. The molecular weight excluding hydrogens is 1510 g/mol. The van der Waals surface area contributed by atoms with Crippen molar-refractivity contribution in [1.29, 1.82) is 0 Å². The summed E-state index contributed by atoms with van der Waals surface area (Å²) in [6.45, 7) is 0. The SMILES string of the molecule is COc1ccc([C@@]23Oc4cc(OC)ccc4[C@]2(N=[N+]=[N-])[C@H](O)[C@H](C(=O)N(C)C)[C@H]3c2ccccc2)cc1.COc1ccc([C@@]23Oc4cc(OC)ccc4[C@]2(N=[N+]=[N-])[C@H](O)[C@H](C(=O)N(C)C)[C@H]3c2ccccc2)cc1.COc1ccc([C@@]23Oc4cc(OC)ccc4[C@]2(O)[C@H](O)[C@H](C(=O)N(C)C)[C@H]3c2ccccc2)cc1.ClC(Cl)Cl. The van der Waals surface area contributed by atoms with Crippen LogP contribution in [0.15, 0.2) is 229 Å². The average Bonchev–Trinajstić information content (AvgIpc) is 1.55. The number of carbonyl (C=O) groups excluding carboxylic acids is 3. The van der Waals surface area contributed by atoms with Crippen LogP contribution in [-0.4, -0.2) is 160 Å². The number of methoxy groups -OCH3 is 6. The van der Waals surface area contributed by atoms with Crippen LogP contribution in [0, 0.1) is 17.8 Å². The fourth-order valence-electron chi connectivity index (χ4n) is 18.0. The quantitative estimate of drug-likeness (QED) is 0.0285. The van der Waals surface area contributed by atoms with Crippen LogP contribution in [0.5, 0.6) is 51.7 Å². The lowest BCUT2D eigenvalue weighted by Crippen LogP contribution is -2.52. The van der Waals surface area contributed by atoms with Crippen molar-refractivity contribution in [3.05, 3.63) is 289 Å². The number of carbonyl (C=O) groups is 3. The first kappa shape index (κ1) is 81.4. The van der Waals surface area contributed by atoms with Gasteiger partial charge in [0.1, 0.15) is 68.9 Å². The maximum absolute atomic E-state index is 13.7. The summed E-state index contributed by atoms with van der Waals surface area (Å²) in [5.74, 6) is -1.14. The van der Waals surface area contributed by atoms with Gasteiger partial charge in [-0.25, -0.2) is 0 Å². The maximum Gasteiger partial charge on any atom is 0.228 e. The first-order chi connectivity index (χ1) is 54.2. The number of fused-ring (bicyclic) bond motifs is 9. The van der Waals surface area contributed by atoms with Crippen molar-refractivity contribution in [2.75, 3.05) is 84.9 Å². The van der Waals surface area contributed by atoms with E-state index in [0.717, 1.165) is 16.7 Å². The van der Waals surface area contributed by atoms with Crippen molar-refractivity contribution >= 4 is 52.5 Å². The zero-order valence-corrected chi connectivity index (χ0v) is 66.2. The van der Waals surface area contributed by atoms with Crippen molar-refractivity contribution in [1.82, 2.24) is 14.7 Å². The van der Waals surface area contributed by atoms with Gasteiger partial charge in [0.2, 0.25) is 17.7 Å². The van der Waals surface area contributed by atoms with E-state index in [9.17, 15) is 45.9 Å². The minimum atomic E-state index is -1.92. The molecule has 3 amide bonds. The Bertz CT molecular complexity index is 4840. The van der Waals surface area contributed by atoms with E-state index >= 15 is 0 Å². The third-order valence-electron chi connectivity index (χ3n) is 22.6. The second-order valence-corrected chi connectivity index (χ2v) is 30.5. The lowest BCUT2D eigenvalue weighted by Gasteiger charge is -2.41. The number of rotatable bonds is 17. The van der Waals surface area contributed by atoms with Crippen molar-refractivity contribution in [2.45, 2.75) is 73.8 Å². The predicted octanol–water partition coefficient (Wildman–Crippen LogP) is 13.7. The first-order valence-corrected chi connectivity index (χ1v) is 37.2. The van der Waals surface area contributed by atoms with Gasteiger partial charge in [0.25, 0.3) is 0 Å². The second kappa shape index (κ2) is 32.6. The molecule has 15 rings (SSSR count). The molecule has 15 atom stereocenters. The van der Waals surface area contributed by atoms with Crippen LogP contribution in [0.3, 0.4) is 0 Å². The Balaban J connectivity index is 0.000000153. The molecule has 0 radical (unpaired) electrons. The molecule has 113 heavy (non-hydrogen) atoms. The van der Waals surface area contributed by atoms with Gasteiger partial charge in [-0.3, -0.25) is 14.4 Å². The second-order valence-electron chi connectivity index (χ2n) is 28.5.